The zero-order chi connectivity index (χ0) is 27.1. The summed E-state index contributed by atoms with van der Waals surface area (Å²) in [6.45, 7) is 12.5. The molecule has 4 aliphatic carbocycles. The van der Waals surface area contributed by atoms with Gasteiger partial charge in [-0.05, 0) is 122 Å². The zero-order valence-corrected chi connectivity index (χ0v) is 24.5. The fourth-order valence-electron chi connectivity index (χ4n) is 9.68. The van der Waals surface area contributed by atoms with Crippen LogP contribution in [0.15, 0.2) is 35.9 Å². The second-order valence-corrected chi connectivity index (χ2v) is 14.3. The van der Waals surface area contributed by atoms with Crippen LogP contribution in [0.2, 0.25) is 0 Å². The lowest BCUT2D eigenvalue weighted by atomic mass is 9.46. The summed E-state index contributed by atoms with van der Waals surface area (Å²) in [7, 11) is 0. The summed E-state index contributed by atoms with van der Waals surface area (Å²) < 4.78 is 5.74. The lowest BCUT2D eigenvalue weighted by Gasteiger charge is -2.58. The highest BCUT2D eigenvalue weighted by Gasteiger charge is 2.59. The van der Waals surface area contributed by atoms with Gasteiger partial charge in [-0.3, -0.25) is 4.79 Å². The van der Waals surface area contributed by atoms with E-state index in [2.05, 4.69) is 46.8 Å². The summed E-state index contributed by atoms with van der Waals surface area (Å²) >= 11 is 0. The Bertz CT molecular complexity index is 1080. The lowest BCUT2D eigenvalue weighted by molar-refractivity contribution is -0.140. The number of rotatable bonds is 7. The molecule has 5 rings (SSSR count). The van der Waals surface area contributed by atoms with Crippen molar-refractivity contribution in [3.05, 3.63) is 41.5 Å². The molecule has 0 heterocycles. The van der Waals surface area contributed by atoms with Crippen molar-refractivity contribution in [2.45, 2.75) is 105 Å². The van der Waals surface area contributed by atoms with Crippen molar-refractivity contribution >= 4 is 5.97 Å². The van der Waals surface area contributed by atoms with Crippen molar-refractivity contribution in [3.63, 3.8) is 0 Å². The van der Waals surface area contributed by atoms with Crippen molar-refractivity contribution in [2.75, 3.05) is 0 Å². The number of hydrogen-bond acceptors (Lipinski definition) is 3. The Labute approximate surface area is 231 Å². The van der Waals surface area contributed by atoms with Gasteiger partial charge in [-0.1, -0.05) is 65.5 Å². The Morgan fingerprint density at radius 3 is 2.50 bits per heavy atom. The number of allylic oxidation sites excluding steroid dienone is 2. The van der Waals surface area contributed by atoms with E-state index in [1.165, 1.54) is 56.9 Å². The number of esters is 1. The van der Waals surface area contributed by atoms with Crippen LogP contribution >= 0.6 is 0 Å². The molecule has 3 nitrogen and oxygen atoms in total. The summed E-state index contributed by atoms with van der Waals surface area (Å²) in [4.78, 5) is 13.1. The highest BCUT2D eigenvalue weighted by atomic mass is 16.5. The first-order chi connectivity index (χ1) is 18.2. The first kappa shape index (κ1) is 27.5. The number of carbonyl (C=O) groups is 1. The molecule has 0 bridgehead atoms. The first-order valence-electron chi connectivity index (χ1n) is 15.6. The average Bonchev–Trinajstić information content (AvgIpc) is 3.25. The van der Waals surface area contributed by atoms with Gasteiger partial charge in [0.05, 0.1) is 17.6 Å². The number of ether oxygens (including phenoxy) is 1. The standard InChI is InChI=1S/C35H49NO2/c1-23(2)7-6-8-24(3)30-15-16-31-29-14-11-27-21-26(33(37)38-28-12-9-25(22-36)10-13-28)17-19-34(27,4)32(29)18-20-35(30,31)5/h9-13,23-24,26,29-32H,6-8,14-21H2,1-5H3/t24-,26+,29+,30-,31+,32+,34+,35-/m1/s1. The second-order valence-electron chi connectivity index (χ2n) is 14.3. The molecule has 0 amide bonds. The van der Waals surface area contributed by atoms with Crippen LogP contribution in [-0.4, -0.2) is 5.97 Å². The van der Waals surface area contributed by atoms with E-state index in [1.54, 1.807) is 24.3 Å². The van der Waals surface area contributed by atoms with E-state index >= 15 is 0 Å². The maximum absolute atomic E-state index is 13.1. The minimum Gasteiger partial charge on any atom is -0.426 e. The van der Waals surface area contributed by atoms with Crippen LogP contribution < -0.4 is 4.74 Å². The number of nitriles is 1. The second kappa shape index (κ2) is 10.8. The Kier molecular flexibility index (Phi) is 7.83. The number of fused-ring (bicyclic) bond motifs is 5. The van der Waals surface area contributed by atoms with Gasteiger partial charge in [-0.2, -0.15) is 5.26 Å². The van der Waals surface area contributed by atoms with Crippen LogP contribution in [0.3, 0.4) is 0 Å². The van der Waals surface area contributed by atoms with Gasteiger partial charge in [0.15, 0.2) is 0 Å². The molecule has 3 fully saturated rings. The zero-order valence-electron chi connectivity index (χ0n) is 24.5. The van der Waals surface area contributed by atoms with Crippen LogP contribution in [0, 0.1) is 63.6 Å². The topological polar surface area (TPSA) is 50.1 Å². The van der Waals surface area contributed by atoms with Gasteiger partial charge in [0.1, 0.15) is 5.75 Å². The number of benzene rings is 1. The molecule has 1 aromatic rings. The summed E-state index contributed by atoms with van der Waals surface area (Å²) in [5, 5.41) is 9.02. The summed E-state index contributed by atoms with van der Waals surface area (Å²) in [6, 6.07) is 8.99. The van der Waals surface area contributed by atoms with E-state index in [0.29, 0.717) is 16.7 Å². The molecule has 0 unspecified atom stereocenters. The third kappa shape index (κ3) is 4.98. The normalized spacial score (nSPS) is 36.9. The predicted octanol–water partition coefficient (Wildman–Crippen LogP) is 9.12. The molecule has 0 spiro atoms. The van der Waals surface area contributed by atoms with E-state index in [9.17, 15) is 4.79 Å². The SMILES string of the molecule is CC(C)CCC[C@@H](C)[C@H]1CC[C@H]2[C@@H]3CC=C4C[C@@H](C(=O)Oc5ccc(C#N)cc5)CC[C@]4(C)[C@H]3CC[C@]12C. The average molecular weight is 516 g/mol. The number of nitrogens with zero attached hydrogens (tertiary/aromatic N) is 1. The Hall–Kier alpha value is -2.08. The molecule has 0 N–H and O–H groups in total. The first-order valence-corrected chi connectivity index (χ1v) is 15.6. The minimum absolute atomic E-state index is 0.0575. The van der Waals surface area contributed by atoms with Crippen molar-refractivity contribution in [1.82, 2.24) is 0 Å². The fraction of sp³-hybridized carbons (Fsp3) is 0.714. The van der Waals surface area contributed by atoms with Crippen molar-refractivity contribution in [3.8, 4) is 11.8 Å². The lowest BCUT2D eigenvalue weighted by Crippen LogP contribution is -2.50. The number of carbonyl (C=O) groups excluding carboxylic acids is 1. The summed E-state index contributed by atoms with van der Waals surface area (Å²) in [5.74, 6) is 5.40. The van der Waals surface area contributed by atoms with Crippen LogP contribution in [0.25, 0.3) is 0 Å². The molecule has 38 heavy (non-hydrogen) atoms. The van der Waals surface area contributed by atoms with E-state index in [1.807, 2.05) is 0 Å². The van der Waals surface area contributed by atoms with Gasteiger partial charge in [0.25, 0.3) is 0 Å². The molecule has 206 valence electrons. The smallest absolute Gasteiger partial charge is 0.314 e. The Morgan fingerprint density at radius 1 is 1.03 bits per heavy atom. The van der Waals surface area contributed by atoms with Crippen LogP contribution in [-0.2, 0) is 4.79 Å². The van der Waals surface area contributed by atoms with Gasteiger partial charge in [0.2, 0.25) is 0 Å². The van der Waals surface area contributed by atoms with E-state index in [-0.39, 0.29) is 17.3 Å². The van der Waals surface area contributed by atoms with Crippen molar-refractivity contribution < 1.29 is 9.53 Å². The van der Waals surface area contributed by atoms with Gasteiger partial charge < -0.3 is 4.74 Å². The van der Waals surface area contributed by atoms with Crippen LogP contribution in [0.1, 0.15) is 111 Å². The van der Waals surface area contributed by atoms with E-state index in [0.717, 1.165) is 54.8 Å². The van der Waals surface area contributed by atoms with Gasteiger partial charge in [0, 0.05) is 0 Å². The Morgan fingerprint density at radius 2 is 1.79 bits per heavy atom. The van der Waals surface area contributed by atoms with E-state index < -0.39 is 0 Å². The fourth-order valence-corrected chi connectivity index (χ4v) is 9.68. The third-order valence-electron chi connectivity index (χ3n) is 11.8. The minimum atomic E-state index is -0.110. The predicted molar refractivity (Wildman–Crippen MR) is 153 cm³/mol. The molecule has 3 saturated carbocycles. The largest absolute Gasteiger partial charge is 0.426 e. The third-order valence-corrected chi connectivity index (χ3v) is 11.8. The van der Waals surface area contributed by atoms with Gasteiger partial charge in [-0.25, -0.2) is 0 Å². The maximum Gasteiger partial charge on any atom is 0.314 e. The number of hydrogen-bond donors (Lipinski definition) is 0. The molecule has 0 aliphatic heterocycles. The molecule has 0 aromatic heterocycles. The highest BCUT2D eigenvalue weighted by molar-refractivity contribution is 5.76. The van der Waals surface area contributed by atoms with E-state index in [4.69, 9.17) is 10.00 Å². The van der Waals surface area contributed by atoms with Gasteiger partial charge in [-0.15, -0.1) is 0 Å². The van der Waals surface area contributed by atoms with Crippen molar-refractivity contribution in [1.29, 1.82) is 5.26 Å². The Balaban J connectivity index is 1.25. The van der Waals surface area contributed by atoms with Crippen LogP contribution in [0.4, 0.5) is 0 Å². The quantitative estimate of drug-likeness (QED) is 0.207. The molecule has 3 heteroatoms. The summed E-state index contributed by atoms with van der Waals surface area (Å²) in [5.41, 5.74) is 2.88. The molecule has 0 saturated heterocycles. The highest BCUT2D eigenvalue weighted by Crippen LogP contribution is 2.67. The molecular weight excluding hydrogens is 466 g/mol. The molecular formula is C35H49NO2. The monoisotopic (exact) mass is 515 g/mol. The molecule has 8 atom stereocenters. The van der Waals surface area contributed by atoms with Crippen LogP contribution in [0.5, 0.6) is 5.75 Å². The summed E-state index contributed by atoms with van der Waals surface area (Å²) in [6.07, 6.45) is 16.4. The maximum atomic E-state index is 13.1. The molecule has 0 radical (unpaired) electrons. The van der Waals surface area contributed by atoms with Gasteiger partial charge >= 0.3 is 5.97 Å². The molecule has 4 aliphatic rings. The molecule has 1 aromatic carbocycles. The van der Waals surface area contributed by atoms with Crippen molar-refractivity contribution in [2.24, 2.45) is 52.3 Å².